The largest absolute Gasteiger partial charge is 0.343 e. The first-order valence-electron chi connectivity index (χ1n) is 7.98. The van der Waals surface area contributed by atoms with Gasteiger partial charge in [0.15, 0.2) is 0 Å². The zero-order valence-corrected chi connectivity index (χ0v) is 14.9. The number of carbonyl (C=O) groups excluding carboxylic acids is 1. The van der Waals surface area contributed by atoms with E-state index in [9.17, 15) is 13.2 Å². The summed E-state index contributed by atoms with van der Waals surface area (Å²) in [4.78, 5) is 14.0. The molecular formula is C16H23ClN2O3S. The minimum atomic E-state index is -3.54. The van der Waals surface area contributed by atoms with Crippen LogP contribution in [0.25, 0.3) is 0 Å². The Morgan fingerprint density at radius 3 is 2.43 bits per heavy atom. The lowest BCUT2D eigenvalue weighted by atomic mass is 10.1. The molecule has 0 saturated carbocycles. The molecule has 1 aromatic carbocycles. The smallest absolute Gasteiger partial charge is 0.240 e. The fourth-order valence-electron chi connectivity index (χ4n) is 2.63. The van der Waals surface area contributed by atoms with Gasteiger partial charge in [-0.2, -0.15) is 0 Å². The van der Waals surface area contributed by atoms with Crippen molar-refractivity contribution in [2.24, 2.45) is 0 Å². The van der Waals surface area contributed by atoms with E-state index in [2.05, 4.69) is 11.6 Å². The van der Waals surface area contributed by atoms with E-state index < -0.39 is 10.0 Å². The second kappa shape index (κ2) is 8.13. The van der Waals surface area contributed by atoms with Gasteiger partial charge in [0.2, 0.25) is 15.9 Å². The molecule has 0 atom stereocenters. The molecule has 0 aromatic heterocycles. The van der Waals surface area contributed by atoms with E-state index in [-0.39, 0.29) is 16.8 Å². The van der Waals surface area contributed by atoms with Crippen LogP contribution in [0.5, 0.6) is 0 Å². The topological polar surface area (TPSA) is 66.5 Å². The molecule has 23 heavy (non-hydrogen) atoms. The molecule has 5 nitrogen and oxygen atoms in total. The van der Waals surface area contributed by atoms with E-state index in [0.29, 0.717) is 37.4 Å². The van der Waals surface area contributed by atoms with Gasteiger partial charge < -0.3 is 4.90 Å². The summed E-state index contributed by atoms with van der Waals surface area (Å²) < 4.78 is 27.4. The number of benzene rings is 1. The molecule has 7 heteroatoms. The Bertz CT molecular complexity index is 623. The summed E-state index contributed by atoms with van der Waals surface area (Å²) in [5, 5.41) is 0.503. The number of hydrogen-bond acceptors (Lipinski definition) is 3. The van der Waals surface area contributed by atoms with Crippen molar-refractivity contribution in [3.05, 3.63) is 29.3 Å². The Kier molecular flexibility index (Phi) is 6.44. The average molecular weight is 359 g/mol. The molecule has 1 fully saturated rings. The maximum Gasteiger partial charge on any atom is 0.240 e. The number of unbranched alkanes of at least 4 members (excludes halogenated alkanes) is 1. The molecule has 0 bridgehead atoms. The van der Waals surface area contributed by atoms with Crippen LogP contribution in [0.2, 0.25) is 5.02 Å². The fourth-order valence-corrected chi connectivity index (χ4v) is 4.07. The number of amides is 1. The second-order valence-corrected chi connectivity index (χ2v) is 7.98. The van der Waals surface area contributed by atoms with Crippen LogP contribution in [-0.4, -0.2) is 38.4 Å². The molecule has 0 spiro atoms. The monoisotopic (exact) mass is 358 g/mol. The molecule has 1 aliphatic heterocycles. The summed E-state index contributed by atoms with van der Waals surface area (Å²) in [5.41, 5.74) is 0. The van der Waals surface area contributed by atoms with Crippen molar-refractivity contribution >= 4 is 27.5 Å². The van der Waals surface area contributed by atoms with E-state index >= 15 is 0 Å². The number of halogens is 1. The Morgan fingerprint density at radius 2 is 1.87 bits per heavy atom. The zero-order valence-electron chi connectivity index (χ0n) is 13.3. The standard InChI is InChI=1S/C16H23ClN2O3S/c1-2-3-4-16(20)19-11-9-14(10-12-19)18-23(21,22)15-7-5-13(17)6-8-15/h5-8,14,18H,2-4,9-12H2,1H3. The SMILES string of the molecule is CCCCC(=O)N1CCC(NS(=O)(=O)c2ccc(Cl)cc2)CC1. The van der Waals surface area contributed by atoms with Crippen LogP contribution >= 0.6 is 11.6 Å². The molecule has 0 unspecified atom stereocenters. The Balaban J connectivity index is 1.88. The molecule has 0 radical (unpaired) electrons. The predicted octanol–water partition coefficient (Wildman–Crippen LogP) is 2.80. The summed E-state index contributed by atoms with van der Waals surface area (Å²) in [6.45, 7) is 3.28. The van der Waals surface area contributed by atoms with E-state index in [4.69, 9.17) is 11.6 Å². The van der Waals surface area contributed by atoms with Crippen molar-refractivity contribution in [3.63, 3.8) is 0 Å². The summed E-state index contributed by atoms with van der Waals surface area (Å²) in [6, 6.07) is 5.98. The van der Waals surface area contributed by atoms with Gasteiger partial charge in [-0.25, -0.2) is 13.1 Å². The molecule has 1 heterocycles. The highest BCUT2D eigenvalue weighted by Crippen LogP contribution is 2.18. The van der Waals surface area contributed by atoms with Gasteiger partial charge in [-0.15, -0.1) is 0 Å². The molecule has 0 aliphatic carbocycles. The first-order chi connectivity index (χ1) is 10.9. The van der Waals surface area contributed by atoms with Crippen LogP contribution in [0.3, 0.4) is 0 Å². The lowest BCUT2D eigenvalue weighted by Crippen LogP contribution is -2.46. The van der Waals surface area contributed by atoms with Crippen molar-refractivity contribution in [2.75, 3.05) is 13.1 Å². The van der Waals surface area contributed by atoms with Gasteiger partial charge in [-0.05, 0) is 43.5 Å². The maximum atomic E-state index is 12.3. The molecular weight excluding hydrogens is 336 g/mol. The van der Waals surface area contributed by atoms with Gasteiger partial charge in [-0.1, -0.05) is 24.9 Å². The summed E-state index contributed by atoms with van der Waals surface area (Å²) in [6.07, 6.45) is 3.78. The van der Waals surface area contributed by atoms with E-state index in [1.807, 2.05) is 4.90 Å². The zero-order chi connectivity index (χ0) is 16.9. The first-order valence-corrected chi connectivity index (χ1v) is 9.84. The predicted molar refractivity (Wildman–Crippen MR) is 90.9 cm³/mol. The van der Waals surface area contributed by atoms with Crippen molar-refractivity contribution in [1.82, 2.24) is 9.62 Å². The summed E-state index contributed by atoms with van der Waals surface area (Å²) in [5.74, 6) is 0.172. The number of sulfonamides is 1. The normalized spacial score (nSPS) is 16.5. The molecule has 2 rings (SSSR count). The van der Waals surface area contributed by atoms with Crippen LogP contribution in [0, 0.1) is 0 Å². The van der Waals surface area contributed by atoms with E-state index in [1.165, 1.54) is 12.1 Å². The summed E-state index contributed by atoms with van der Waals surface area (Å²) in [7, 11) is -3.54. The highest BCUT2D eigenvalue weighted by atomic mass is 35.5. The highest BCUT2D eigenvalue weighted by Gasteiger charge is 2.26. The Hall–Kier alpha value is -1.11. The Labute approximate surface area is 143 Å². The second-order valence-electron chi connectivity index (χ2n) is 5.83. The Morgan fingerprint density at radius 1 is 1.26 bits per heavy atom. The molecule has 1 amide bonds. The third-order valence-electron chi connectivity index (χ3n) is 4.04. The van der Waals surface area contributed by atoms with Gasteiger partial charge in [0.1, 0.15) is 0 Å². The lowest BCUT2D eigenvalue weighted by molar-refractivity contribution is -0.132. The van der Waals surface area contributed by atoms with Crippen LogP contribution in [0.1, 0.15) is 39.0 Å². The van der Waals surface area contributed by atoms with E-state index in [1.54, 1.807) is 12.1 Å². The quantitative estimate of drug-likeness (QED) is 0.850. The lowest BCUT2D eigenvalue weighted by Gasteiger charge is -2.32. The van der Waals surface area contributed by atoms with Crippen LogP contribution in [0.4, 0.5) is 0 Å². The minimum absolute atomic E-state index is 0.133. The van der Waals surface area contributed by atoms with Gasteiger partial charge in [0.05, 0.1) is 4.90 Å². The van der Waals surface area contributed by atoms with Gasteiger partial charge in [0, 0.05) is 30.6 Å². The number of rotatable bonds is 6. The highest BCUT2D eigenvalue weighted by molar-refractivity contribution is 7.89. The van der Waals surface area contributed by atoms with Crippen LogP contribution in [-0.2, 0) is 14.8 Å². The number of piperidine rings is 1. The first kappa shape index (κ1) is 18.2. The van der Waals surface area contributed by atoms with E-state index in [0.717, 1.165) is 12.8 Å². The number of carbonyl (C=O) groups is 1. The van der Waals surface area contributed by atoms with Gasteiger partial charge in [-0.3, -0.25) is 4.79 Å². The van der Waals surface area contributed by atoms with Crippen molar-refractivity contribution in [1.29, 1.82) is 0 Å². The fraction of sp³-hybridized carbons (Fsp3) is 0.562. The number of likely N-dealkylation sites (tertiary alicyclic amines) is 1. The minimum Gasteiger partial charge on any atom is -0.343 e. The number of nitrogens with one attached hydrogen (secondary N) is 1. The summed E-state index contributed by atoms with van der Waals surface area (Å²) >= 11 is 5.78. The molecule has 1 N–H and O–H groups in total. The average Bonchev–Trinajstić information content (AvgIpc) is 2.53. The van der Waals surface area contributed by atoms with Crippen LogP contribution in [0.15, 0.2) is 29.2 Å². The van der Waals surface area contributed by atoms with Gasteiger partial charge >= 0.3 is 0 Å². The van der Waals surface area contributed by atoms with Gasteiger partial charge in [0.25, 0.3) is 0 Å². The van der Waals surface area contributed by atoms with Crippen LogP contribution < -0.4 is 4.72 Å². The van der Waals surface area contributed by atoms with Crippen molar-refractivity contribution in [3.8, 4) is 0 Å². The molecule has 1 aromatic rings. The van der Waals surface area contributed by atoms with Crippen molar-refractivity contribution in [2.45, 2.75) is 50.0 Å². The van der Waals surface area contributed by atoms with Crippen molar-refractivity contribution < 1.29 is 13.2 Å². The molecule has 1 aliphatic rings. The maximum absolute atomic E-state index is 12.3. The molecule has 128 valence electrons. The number of hydrogen-bond donors (Lipinski definition) is 1. The molecule has 1 saturated heterocycles. The third-order valence-corrected chi connectivity index (χ3v) is 5.83. The number of nitrogens with zero attached hydrogens (tertiary/aromatic N) is 1. The third kappa shape index (κ3) is 5.19.